The summed E-state index contributed by atoms with van der Waals surface area (Å²) in [4.78, 5) is 34.5. The molecule has 31 heavy (non-hydrogen) atoms. The molecule has 1 saturated heterocycles. The van der Waals surface area contributed by atoms with Crippen LogP contribution in [0.3, 0.4) is 0 Å². The van der Waals surface area contributed by atoms with E-state index >= 15 is 0 Å². The third-order valence-electron chi connectivity index (χ3n) is 6.41. The van der Waals surface area contributed by atoms with Gasteiger partial charge in [0.15, 0.2) is 11.6 Å². The van der Waals surface area contributed by atoms with Crippen molar-refractivity contribution in [3.63, 3.8) is 0 Å². The normalized spacial score (nSPS) is 19.9. The second-order valence-electron chi connectivity index (χ2n) is 8.45. The van der Waals surface area contributed by atoms with Crippen LogP contribution in [-0.4, -0.2) is 33.4 Å². The Labute approximate surface area is 177 Å². The molecule has 1 fully saturated rings. The van der Waals surface area contributed by atoms with Crippen molar-refractivity contribution < 1.29 is 13.6 Å². The molecule has 0 radical (unpaired) electrons. The van der Waals surface area contributed by atoms with Crippen molar-refractivity contribution in [2.45, 2.75) is 32.7 Å². The van der Waals surface area contributed by atoms with Crippen molar-refractivity contribution in [3.8, 4) is 0 Å². The average molecular weight is 421 g/mol. The number of halogens is 2. The van der Waals surface area contributed by atoms with Gasteiger partial charge in [0, 0.05) is 29.9 Å². The third-order valence-corrected chi connectivity index (χ3v) is 6.41. The number of aryl methyl sites for hydroxylation is 2. The molecule has 2 aliphatic rings. The first-order valence-electron chi connectivity index (χ1n) is 10.3. The van der Waals surface area contributed by atoms with E-state index in [1.807, 2.05) is 6.92 Å². The molecular formula is C24H21F2N3O2. The van der Waals surface area contributed by atoms with Crippen molar-refractivity contribution in [1.82, 2.24) is 14.9 Å². The predicted octanol–water partition coefficient (Wildman–Crippen LogP) is 3.67. The number of carbonyl (C=O) groups is 1. The highest BCUT2D eigenvalue weighted by Crippen LogP contribution is 2.42. The predicted molar refractivity (Wildman–Crippen MR) is 113 cm³/mol. The highest BCUT2D eigenvalue weighted by molar-refractivity contribution is 5.88. The number of H-pyrrole nitrogens is 1. The maximum atomic E-state index is 14.4. The highest BCUT2D eigenvalue weighted by atomic mass is 19.2. The minimum absolute atomic E-state index is 0.0109. The van der Waals surface area contributed by atoms with Gasteiger partial charge in [-0.15, -0.1) is 0 Å². The van der Waals surface area contributed by atoms with Gasteiger partial charge in [0.2, 0.25) is 5.91 Å². The lowest BCUT2D eigenvalue weighted by molar-refractivity contribution is -0.130. The fourth-order valence-electron chi connectivity index (χ4n) is 4.93. The fraction of sp³-hybridized carbons (Fsp3) is 0.292. The van der Waals surface area contributed by atoms with Gasteiger partial charge < -0.3 is 9.88 Å². The quantitative estimate of drug-likeness (QED) is 0.702. The zero-order valence-corrected chi connectivity index (χ0v) is 17.2. The van der Waals surface area contributed by atoms with Crippen LogP contribution in [0.25, 0.3) is 16.5 Å². The van der Waals surface area contributed by atoms with Gasteiger partial charge in [-0.05, 0) is 66.6 Å². The van der Waals surface area contributed by atoms with E-state index in [1.165, 1.54) is 6.07 Å². The van der Waals surface area contributed by atoms with E-state index in [1.54, 1.807) is 24.2 Å². The molecule has 2 aromatic heterocycles. The summed E-state index contributed by atoms with van der Waals surface area (Å²) in [6.45, 7) is 4.13. The Bertz CT molecular complexity index is 1330. The molecule has 7 heteroatoms. The van der Waals surface area contributed by atoms with Gasteiger partial charge in [-0.3, -0.25) is 14.6 Å². The van der Waals surface area contributed by atoms with E-state index in [-0.39, 0.29) is 40.8 Å². The molecule has 3 aromatic rings. The summed E-state index contributed by atoms with van der Waals surface area (Å²) in [5, 5.41) is 0.0109. The monoisotopic (exact) mass is 421 g/mol. The number of nitrogens with zero attached hydrogens (tertiary/aromatic N) is 2. The Morgan fingerprint density at radius 2 is 2.06 bits per heavy atom. The van der Waals surface area contributed by atoms with Gasteiger partial charge in [0.05, 0.1) is 18.0 Å². The number of rotatable bonds is 3. The topological polar surface area (TPSA) is 66.1 Å². The summed E-state index contributed by atoms with van der Waals surface area (Å²) in [5.74, 6) is -1.92. The molecule has 0 unspecified atom stereocenters. The molecule has 1 aliphatic heterocycles. The van der Waals surface area contributed by atoms with E-state index < -0.39 is 17.2 Å². The second kappa shape index (κ2) is 7.11. The number of benzene rings is 1. The fourth-order valence-corrected chi connectivity index (χ4v) is 4.93. The van der Waals surface area contributed by atoms with E-state index in [2.05, 4.69) is 22.1 Å². The molecule has 1 amide bonds. The largest absolute Gasteiger partial charge is 0.335 e. The maximum Gasteiger partial charge on any atom is 0.252 e. The Balaban J connectivity index is 1.46. The molecular weight excluding hydrogens is 400 g/mol. The minimum Gasteiger partial charge on any atom is -0.335 e. The lowest BCUT2D eigenvalue weighted by atomic mass is 9.98. The van der Waals surface area contributed by atoms with Gasteiger partial charge in [0.25, 0.3) is 5.56 Å². The van der Waals surface area contributed by atoms with Crippen molar-refractivity contribution in [3.05, 3.63) is 80.9 Å². The molecule has 0 saturated carbocycles. The van der Waals surface area contributed by atoms with Crippen LogP contribution in [0.15, 0.2) is 41.5 Å². The third kappa shape index (κ3) is 3.15. The molecule has 1 N–H and O–H groups in total. The number of fused-ring (bicyclic) bond motifs is 3. The first-order valence-corrected chi connectivity index (χ1v) is 10.3. The molecule has 3 heterocycles. The van der Waals surface area contributed by atoms with Crippen LogP contribution in [0, 0.1) is 31.4 Å². The van der Waals surface area contributed by atoms with Crippen molar-refractivity contribution in [1.29, 1.82) is 0 Å². The number of aromatic amines is 1. The summed E-state index contributed by atoms with van der Waals surface area (Å²) in [6.07, 6.45) is 6.49. The van der Waals surface area contributed by atoms with Crippen LogP contribution in [0.2, 0.25) is 0 Å². The number of likely N-dealkylation sites (tertiary alicyclic amines) is 1. The van der Waals surface area contributed by atoms with Crippen LogP contribution < -0.4 is 5.56 Å². The summed E-state index contributed by atoms with van der Waals surface area (Å²) >= 11 is 0. The lowest BCUT2D eigenvalue weighted by Gasteiger charge is -2.29. The Morgan fingerprint density at radius 3 is 2.81 bits per heavy atom. The first-order chi connectivity index (χ1) is 14.8. The van der Waals surface area contributed by atoms with Crippen LogP contribution in [0.1, 0.15) is 28.7 Å². The van der Waals surface area contributed by atoms with Gasteiger partial charge in [-0.25, -0.2) is 8.78 Å². The van der Waals surface area contributed by atoms with Crippen LogP contribution >= 0.6 is 0 Å². The molecule has 1 aliphatic carbocycles. The van der Waals surface area contributed by atoms with E-state index in [0.29, 0.717) is 12.1 Å². The summed E-state index contributed by atoms with van der Waals surface area (Å²) in [5.41, 5.74) is 3.37. The molecule has 2 bridgehead atoms. The highest BCUT2D eigenvalue weighted by Gasteiger charge is 2.42. The minimum atomic E-state index is -1.02. The first kappa shape index (κ1) is 19.6. The number of nitrogens with one attached hydrogen (secondary N) is 1. The molecule has 5 nitrogen and oxygen atoms in total. The zero-order chi connectivity index (χ0) is 21.9. The van der Waals surface area contributed by atoms with Gasteiger partial charge in [0.1, 0.15) is 0 Å². The van der Waals surface area contributed by atoms with Crippen molar-refractivity contribution >= 4 is 22.4 Å². The number of amides is 1. The zero-order valence-electron chi connectivity index (χ0n) is 17.2. The molecule has 0 spiro atoms. The standard InChI is InChI=1S/C24H21F2N3O2/c1-12-5-15(10-27-9-12)17-6-14-7-20(17)29(11-14)21(30)8-16-13(2)22-19(28-24(16)31)4-3-18(25)23(22)26/h3-6,9-10,14,20H,7-8,11H2,1-2H3,(H,28,31)/t14-,20-/m0/s1. The summed E-state index contributed by atoms with van der Waals surface area (Å²) < 4.78 is 28.1. The van der Waals surface area contributed by atoms with E-state index in [0.717, 1.165) is 29.2 Å². The number of pyridine rings is 2. The molecule has 2 atom stereocenters. The van der Waals surface area contributed by atoms with Gasteiger partial charge >= 0.3 is 0 Å². The molecule has 1 aromatic carbocycles. The summed E-state index contributed by atoms with van der Waals surface area (Å²) in [7, 11) is 0. The van der Waals surface area contributed by atoms with Crippen LogP contribution in [-0.2, 0) is 11.2 Å². The second-order valence-corrected chi connectivity index (χ2v) is 8.45. The Hall–Kier alpha value is -3.35. The molecule has 5 rings (SSSR count). The van der Waals surface area contributed by atoms with Crippen LogP contribution in [0.4, 0.5) is 8.78 Å². The smallest absolute Gasteiger partial charge is 0.252 e. The van der Waals surface area contributed by atoms with Crippen LogP contribution in [0.5, 0.6) is 0 Å². The molecule has 158 valence electrons. The maximum absolute atomic E-state index is 14.4. The Kier molecular flexibility index (Phi) is 4.50. The number of carbonyl (C=O) groups excluding carboxylic acids is 1. The summed E-state index contributed by atoms with van der Waals surface area (Å²) in [6, 6.07) is 4.31. The average Bonchev–Trinajstić information content (AvgIpc) is 3.35. The number of hydrogen-bond donors (Lipinski definition) is 1. The van der Waals surface area contributed by atoms with Crippen molar-refractivity contribution in [2.24, 2.45) is 5.92 Å². The number of hydrogen-bond acceptors (Lipinski definition) is 3. The number of aromatic nitrogens is 2. The van der Waals surface area contributed by atoms with E-state index in [4.69, 9.17) is 0 Å². The lowest BCUT2D eigenvalue weighted by Crippen LogP contribution is -2.39. The van der Waals surface area contributed by atoms with E-state index in [9.17, 15) is 18.4 Å². The van der Waals surface area contributed by atoms with Gasteiger partial charge in [-0.1, -0.05) is 6.08 Å². The van der Waals surface area contributed by atoms with Crippen molar-refractivity contribution in [2.75, 3.05) is 6.54 Å². The Morgan fingerprint density at radius 1 is 1.26 bits per heavy atom. The van der Waals surface area contributed by atoms with Gasteiger partial charge in [-0.2, -0.15) is 0 Å². The SMILES string of the molecule is Cc1cncc(C2=C[C@H]3C[C@@H]2N(C(=O)Cc2c(C)c4c(F)c(F)ccc4[nH]c2=O)C3)c1.